The molecular formula is C22H22N4O2S. The Labute approximate surface area is 170 Å². The molecule has 0 spiro atoms. The standard InChI is InChI=1S/C22H22N4O2S/c1-26(2)18-10-8-16(9-11-18)15-23-29(27,28)19-12-13-20-21(14-19)25-22(24-20)17-6-4-3-5-7-17/h3-14,23H,15H2,1-2H3,(H,24,25). The number of aromatic amines is 1. The Morgan fingerprint density at radius 2 is 1.69 bits per heavy atom. The summed E-state index contributed by atoms with van der Waals surface area (Å²) < 4.78 is 28.2. The molecule has 0 amide bonds. The van der Waals surface area contributed by atoms with Crippen LogP contribution in [0.2, 0.25) is 0 Å². The first-order chi connectivity index (χ1) is 13.9. The summed E-state index contributed by atoms with van der Waals surface area (Å²) in [5, 5.41) is 0. The van der Waals surface area contributed by atoms with Gasteiger partial charge in [0.1, 0.15) is 5.82 Å². The van der Waals surface area contributed by atoms with Crippen LogP contribution in [0.5, 0.6) is 0 Å². The van der Waals surface area contributed by atoms with Crippen LogP contribution in [-0.2, 0) is 16.6 Å². The fraction of sp³-hybridized carbons (Fsp3) is 0.136. The van der Waals surface area contributed by atoms with Gasteiger partial charge < -0.3 is 9.88 Å². The molecule has 29 heavy (non-hydrogen) atoms. The van der Waals surface area contributed by atoms with Crippen molar-refractivity contribution in [1.29, 1.82) is 0 Å². The van der Waals surface area contributed by atoms with Gasteiger partial charge in [-0.2, -0.15) is 0 Å². The first-order valence-corrected chi connectivity index (χ1v) is 10.7. The highest BCUT2D eigenvalue weighted by Gasteiger charge is 2.16. The quantitative estimate of drug-likeness (QED) is 0.511. The normalized spacial score (nSPS) is 11.7. The van der Waals surface area contributed by atoms with Gasteiger partial charge in [0.25, 0.3) is 0 Å². The lowest BCUT2D eigenvalue weighted by Crippen LogP contribution is -2.23. The molecule has 2 N–H and O–H groups in total. The summed E-state index contributed by atoms with van der Waals surface area (Å²) in [4.78, 5) is 9.96. The number of hydrogen-bond acceptors (Lipinski definition) is 4. The predicted molar refractivity (Wildman–Crippen MR) is 116 cm³/mol. The highest BCUT2D eigenvalue weighted by molar-refractivity contribution is 7.89. The number of nitrogens with zero attached hydrogens (tertiary/aromatic N) is 2. The zero-order valence-corrected chi connectivity index (χ0v) is 17.1. The zero-order chi connectivity index (χ0) is 20.4. The van der Waals surface area contributed by atoms with Crippen molar-refractivity contribution in [2.24, 2.45) is 0 Å². The van der Waals surface area contributed by atoms with Gasteiger partial charge in [-0.05, 0) is 35.9 Å². The van der Waals surface area contributed by atoms with Gasteiger partial charge in [-0.3, -0.25) is 0 Å². The fourth-order valence-corrected chi connectivity index (χ4v) is 4.11. The van der Waals surface area contributed by atoms with Crippen LogP contribution < -0.4 is 9.62 Å². The number of benzene rings is 3. The molecule has 0 fully saturated rings. The van der Waals surface area contributed by atoms with E-state index in [0.29, 0.717) is 11.3 Å². The summed E-state index contributed by atoms with van der Waals surface area (Å²) in [6.45, 7) is 0.228. The van der Waals surface area contributed by atoms with Gasteiger partial charge in [-0.1, -0.05) is 42.5 Å². The minimum absolute atomic E-state index is 0.207. The van der Waals surface area contributed by atoms with E-state index in [2.05, 4.69) is 14.7 Å². The van der Waals surface area contributed by atoms with Crippen molar-refractivity contribution in [2.75, 3.05) is 19.0 Å². The van der Waals surface area contributed by atoms with Gasteiger partial charge in [0.15, 0.2) is 0 Å². The van der Waals surface area contributed by atoms with Crippen LogP contribution in [0, 0.1) is 0 Å². The highest BCUT2D eigenvalue weighted by Crippen LogP contribution is 2.23. The number of hydrogen-bond donors (Lipinski definition) is 2. The van der Waals surface area contributed by atoms with E-state index >= 15 is 0 Å². The second kappa shape index (κ2) is 7.69. The molecule has 0 saturated heterocycles. The van der Waals surface area contributed by atoms with Crippen molar-refractivity contribution in [1.82, 2.24) is 14.7 Å². The van der Waals surface area contributed by atoms with E-state index in [-0.39, 0.29) is 11.4 Å². The molecule has 0 radical (unpaired) electrons. The number of aromatic nitrogens is 2. The fourth-order valence-electron chi connectivity index (χ4n) is 3.06. The van der Waals surface area contributed by atoms with Crippen LogP contribution in [0.25, 0.3) is 22.4 Å². The summed E-state index contributed by atoms with van der Waals surface area (Å²) in [6, 6.07) is 22.4. The molecule has 0 aliphatic heterocycles. The average molecular weight is 407 g/mol. The van der Waals surface area contributed by atoms with Crippen LogP contribution in [0.3, 0.4) is 0 Å². The molecule has 7 heteroatoms. The summed E-state index contributed by atoms with van der Waals surface area (Å²) in [5.41, 5.74) is 4.32. The van der Waals surface area contributed by atoms with E-state index in [1.165, 1.54) is 0 Å². The lowest BCUT2D eigenvalue weighted by atomic mass is 10.2. The number of nitrogens with one attached hydrogen (secondary N) is 2. The van der Waals surface area contributed by atoms with Crippen molar-refractivity contribution in [3.63, 3.8) is 0 Å². The first-order valence-electron chi connectivity index (χ1n) is 9.23. The van der Waals surface area contributed by atoms with Crippen LogP contribution in [0.15, 0.2) is 77.7 Å². The van der Waals surface area contributed by atoms with E-state index in [9.17, 15) is 8.42 Å². The van der Waals surface area contributed by atoms with Crippen LogP contribution >= 0.6 is 0 Å². The maximum atomic E-state index is 12.7. The van der Waals surface area contributed by atoms with Crippen molar-refractivity contribution in [3.8, 4) is 11.4 Å². The van der Waals surface area contributed by atoms with E-state index < -0.39 is 10.0 Å². The number of rotatable bonds is 6. The molecule has 0 atom stereocenters. The SMILES string of the molecule is CN(C)c1ccc(CNS(=O)(=O)c2ccc3nc(-c4ccccc4)[nH]c3c2)cc1. The Kier molecular flexibility index (Phi) is 5.08. The summed E-state index contributed by atoms with van der Waals surface area (Å²) in [5.74, 6) is 0.712. The highest BCUT2D eigenvalue weighted by atomic mass is 32.2. The third-order valence-electron chi connectivity index (χ3n) is 4.73. The van der Waals surface area contributed by atoms with Gasteiger partial charge in [0.05, 0.1) is 15.9 Å². The molecule has 3 aromatic carbocycles. The molecule has 0 saturated carbocycles. The second-order valence-electron chi connectivity index (χ2n) is 7.02. The Morgan fingerprint density at radius 3 is 2.38 bits per heavy atom. The lowest BCUT2D eigenvalue weighted by molar-refractivity contribution is 0.581. The van der Waals surface area contributed by atoms with Gasteiger partial charge in [-0.15, -0.1) is 0 Å². The van der Waals surface area contributed by atoms with E-state index in [1.54, 1.807) is 18.2 Å². The van der Waals surface area contributed by atoms with Crippen molar-refractivity contribution >= 4 is 26.7 Å². The number of H-pyrrole nitrogens is 1. The Balaban J connectivity index is 1.54. The topological polar surface area (TPSA) is 78.1 Å². The number of imidazole rings is 1. The Bertz CT molecular complexity index is 1230. The monoisotopic (exact) mass is 406 g/mol. The number of anilines is 1. The molecule has 0 aliphatic rings. The van der Waals surface area contributed by atoms with E-state index in [1.807, 2.05) is 73.6 Å². The van der Waals surface area contributed by atoms with E-state index in [0.717, 1.165) is 22.3 Å². The molecule has 0 aliphatic carbocycles. The first kappa shape index (κ1) is 19.2. The van der Waals surface area contributed by atoms with Gasteiger partial charge >= 0.3 is 0 Å². The molecule has 1 heterocycles. The van der Waals surface area contributed by atoms with Crippen LogP contribution in [0.1, 0.15) is 5.56 Å². The maximum Gasteiger partial charge on any atom is 0.240 e. The van der Waals surface area contributed by atoms with Gasteiger partial charge in [-0.25, -0.2) is 18.1 Å². The van der Waals surface area contributed by atoms with Crippen molar-refractivity contribution < 1.29 is 8.42 Å². The summed E-state index contributed by atoms with van der Waals surface area (Å²) in [7, 11) is 0.290. The van der Waals surface area contributed by atoms with Gasteiger partial charge in [0, 0.05) is 31.9 Å². The summed E-state index contributed by atoms with van der Waals surface area (Å²) >= 11 is 0. The third-order valence-corrected chi connectivity index (χ3v) is 6.13. The molecule has 6 nitrogen and oxygen atoms in total. The minimum Gasteiger partial charge on any atom is -0.378 e. The number of fused-ring (bicyclic) bond motifs is 1. The number of sulfonamides is 1. The smallest absolute Gasteiger partial charge is 0.240 e. The molecule has 0 bridgehead atoms. The Hall–Kier alpha value is -3.16. The molecular weight excluding hydrogens is 384 g/mol. The summed E-state index contributed by atoms with van der Waals surface area (Å²) in [6.07, 6.45) is 0. The average Bonchev–Trinajstić information content (AvgIpc) is 3.17. The Morgan fingerprint density at radius 1 is 0.966 bits per heavy atom. The predicted octanol–water partition coefficient (Wildman–Crippen LogP) is 3.77. The second-order valence-corrected chi connectivity index (χ2v) is 8.78. The molecule has 4 aromatic rings. The zero-order valence-electron chi connectivity index (χ0n) is 16.3. The third kappa shape index (κ3) is 4.16. The van der Waals surface area contributed by atoms with Crippen LogP contribution in [0.4, 0.5) is 5.69 Å². The molecule has 4 rings (SSSR count). The molecule has 1 aromatic heterocycles. The maximum absolute atomic E-state index is 12.7. The molecule has 0 unspecified atom stereocenters. The molecule has 148 valence electrons. The lowest BCUT2D eigenvalue weighted by Gasteiger charge is -2.13. The van der Waals surface area contributed by atoms with Gasteiger partial charge in [0.2, 0.25) is 10.0 Å². The van der Waals surface area contributed by atoms with Crippen LogP contribution in [-0.4, -0.2) is 32.5 Å². The van der Waals surface area contributed by atoms with Crippen molar-refractivity contribution in [2.45, 2.75) is 11.4 Å². The minimum atomic E-state index is -3.64. The van der Waals surface area contributed by atoms with E-state index in [4.69, 9.17) is 0 Å². The largest absolute Gasteiger partial charge is 0.378 e. The van der Waals surface area contributed by atoms with Crippen molar-refractivity contribution in [3.05, 3.63) is 78.4 Å².